The third-order valence-electron chi connectivity index (χ3n) is 3.77. The number of hydrogen-bond donors (Lipinski definition) is 1. The molecule has 1 aromatic rings. The average Bonchev–Trinajstić information content (AvgIpc) is 3.05. The number of rotatable bonds is 4. The number of amides is 1. The molecule has 14 heteroatoms. The Morgan fingerprint density at radius 1 is 1.29 bits per heavy atom. The fraction of sp³-hybridized carbons (Fsp3) is 0.286. The number of aliphatic imine (C=N–C) groups is 1. The first-order valence-electron chi connectivity index (χ1n) is 7.45. The number of hydrogen-bond acceptors (Lipinski definition) is 5. The number of halogens is 6. The Bertz CT molecular complexity index is 1010. The summed E-state index contributed by atoms with van der Waals surface area (Å²) in [6, 6.07) is 1.60. The second kappa shape index (κ2) is 7.08. The van der Waals surface area contributed by atoms with Gasteiger partial charge in [0, 0.05) is 12.6 Å². The quantitative estimate of drug-likeness (QED) is 0.553. The molecule has 0 saturated carbocycles. The van der Waals surface area contributed by atoms with Crippen LogP contribution >= 0.6 is 23.2 Å². The van der Waals surface area contributed by atoms with Gasteiger partial charge in [-0.15, -0.1) is 11.6 Å². The molecule has 28 heavy (non-hydrogen) atoms. The first-order valence-corrected chi connectivity index (χ1v) is 10.0. The minimum atomic E-state index is -4.81. The molecular formula is C14H10Cl2F4N4O3S. The molecule has 0 aliphatic carbocycles. The number of carbonyl (C=O) groups is 1. The smallest absolute Gasteiger partial charge is 0.305 e. The van der Waals surface area contributed by atoms with Crippen molar-refractivity contribution in [2.75, 3.05) is 27.9 Å². The molecule has 2 heterocycles. The molecule has 152 valence electrons. The van der Waals surface area contributed by atoms with Gasteiger partial charge in [0.05, 0.1) is 22.9 Å². The van der Waals surface area contributed by atoms with Crippen molar-refractivity contribution in [3.05, 3.63) is 34.7 Å². The van der Waals surface area contributed by atoms with Crippen LogP contribution in [0.2, 0.25) is 5.02 Å². The summed E-state index contributed by atoms with van der Waals surface area (Å²) in [5, 5.41) is -1.16. The summed E-state index contributed by atoms with van der Waals surface area (Å²) in [6.07, 6.45) is -4.49. The fourth-order valence-corrected chi connectivity index (χ4v) is 3.63. The Balaban J connectivity index is 2.11. The predicted molar refractivity (Wildman–Crippen MR) is 95.3 cm³/mol. The van der Waals surface area contributed by atoms with Crippen LogP contribution in [0.25, 0.3) is 0 Å². The molecular weight excluding hydrogens is 451 g/mol. The van der Waals surface area contributed by atoms with E-state index >= 15 is 0 Å². The van der Waals surface area contributed by atoms with Gasteiger partial charge in [-0.2, -0.15) is 13.2 Å². The van der Waals surface area contributed by atoms with Gasteiger partial charge in [-0.25, -0.2) is 17.7 Å². The minimum absolute atomic E-state index is 0.0481. The maximum atomic E-state index is 14.5. The third-order valence-corrected chi connectivity index (χ3v) is 5.76. The summed E-state index contributed by atoms with van der Waals surface area (Å²) in [4.78, 5) is 17.6. The number of fused-ring (bicyclic) bond motifs is 1. The van der Waals surface area contributed by atoms with E-state index < -0.39 is 50.5 Å². The van der Waals surface area contributed by atoms with Crippen molar-refractivity contribution >= 4 is 56.5 Å². The molecule has 0 unspecified atom stereocenters. The van der Waals surface area contributed by atoms with E-state index in [2.05, 4.69) is 4.99 Å². The van der Waals surface area contributed by atoms with Gasteiger partial charge in [0.2, 0.25) is 16.0 Å². The molecule has 1 N–H and O–H groups in total. The first kappa shape index (κ1) is 20.7. The summed E-state index contributed by atoms with van der Waals surface area (Å²) < 4.78 is 79.4. The van der Waals surface area contributed by atoms with E-state index in [1.807, 2.05) is 4.72 Å². The van der Waals surface area contributed by atoms with Gasteiger partial charge < -0.3 is 4.90 Å². The van der Waals surface area contributed by atoms with Crippen molar-refractivity contribution in [3.8, 4) is 0 Å². The van der Waals surface area contributed by atoms with Crippen LogP contribution in [0, 0.1) is 5.82 Å². The molecule has 0 spiro atoms. The highest BCUT2D eigenvalue weighted by molar-refractivity contribution is 7.93. The van der Waals surface area contributed by atoms with E-state index in [0.29, 0.717) is 11.0 Å². The molecule has 1 aromatic carbocycles. The van der Waals surface area contributed by atoms with Crippen LogP contribution in [0.5, 0.6) is 0 Å². The van der Waals surface area contributed by atoms with Gasteiger partial charge in [0.25, 0.3) is 5.91 Å². The molecule has 1 amide bonds. The normalized spacial score (nSPS) is 17.4. The highest BCUT2D eigenvalue weighted by Crippen LogP contribution is 2.38. The number of nitrogens with zero attached hydrogens (tertiary/aromatic N) is 3. The van der Waals surface area contributed by atoms with Crippen LogP contribution in [-0.2, 0) is 14.8 Å². The molecule has 2 aliphatic heterocycles. The van der Waals surface area contributed by atoms with E-state index in [4.69, 9.17) is 23.2 Å². The Hall–Kier alpha value is -2.05. The molecule has 0 radical (unpaired) electrons. The first-order chi connectivity index (χ1) is 12.9. The zero-order valence-corrected chi connectivity index (χ0v) is 15.9. The van der Waals surface area contributed by atoms with Gasteiger partial charge in [-0.05, 0) is 12.1 Å². The summed E-state index contributed by atoms with van der Waals surface area (Å²) in [6.45, 7) is -0.209. The molecule has 0 atom stereocenters. The largest absolute Gasteiger partial charge is 0.431 e. The van der Waals surface area contributed by atoms with Crippen LogP contribution in [0.1, 0.15) is 0 Å². The van der Waals surface area contributed by atoms with Crippen molar-refractivity contribution in [1.29, 1.82) is 0 Å². The Morgan fingerprint density at radius 2 is 1.96 bits per heavy atom. The molecule has 0 fully saturated rings. The van der Waals surface area contributed by atoms with Gasteiger partial charge >= 0.3 is 6.18 Å². The summed E-state index contributed by atoms with van der Waals surface area (Å²) in [7, 11) is -4.01. The van der Waals surface area contributed by atoms with Crippen LogP contribution < -0.4 is 9.62 Å². The molecule has 7 nitrogen and oxygen atoms in total. The molecule has 0 saturated heterocycles. The number of nitrogens with one attached hydrogen (secondary N) is 1. The monoisotopic (exact) mass is 460 g/mol. The van der Waals surface area contributed by atoms with E-state index in [0.717, 1.165) is 17.0 Å². The van der Waals surface area contributed by atoms with E-state index in [1.54, 1.807) is 0 Å². The Morgan fingerprint density at radius 3 is 2.57 bits per heavy atom. The number of benzene rings is 1. The second-order valence-electron chi connectivity index (χ2n) is 5.64. The van der Waals surface area contributed by atoms with Crippen LogP contribution in [0.3, 0.4) is 0 Å². The predicted octanol–water partition coefficient (Wildman–Crippen LogP) is 2.88. The molecule has 0 bridgehead atoms. The number of sulfonamides is 1. The Labute approximate surface area is 166 Å². The number of carbonyl (C=O) groups excluding carboxylic acids is 1. The lowest BCUT2D eigenvalue weighted by atomic mass is 10.2. The van der Waals surface area contributed by atoms with Crippen LogP contribution in [0.4, 0.5) is 28.9 Å². The number of anilines is 2. The van der Waals surface area contributed by atoms with Gasteiger partial charge in [-0.1, -0.05) is 11.6 Å². The summed E-state index contributed by atoms with van der Waals surface area (Å²) in [5.74, 6) is -2.69. The lowest BCUT2D eigenvalue weighted by Gasteiger charge is -2.35. The highest BCUT2D eigenvalue weighted by atomic mass is 35.5. The van der Waals surface area contributed by atoms with Gasteiger partial charge in [0.15, 0.2) is 0 Å². The van der Waals surface area contributed by atoms with Crippen LogP contribution in [-0.4, -0.2) is 49.7 Å². The second-order valence-corrected chi connectivity index (χ2v) is 8.36. The zero-order chi connectivity index (χ0) is 20.9. The lowest BCUT2D eigenvalue weighted by Crippen LogP contribution is -2.51. The van der Waals surface area contributed by atoms with E-state index in [-0.39, 0.29) is 23.8 Å². The van der Waals surface area contributed by atoms with Crippen molar-refractivity contribution in [1.82, 2.24) is 4.90 Å². The van der Waals surface area contributed by atoms with Crippen molar-refractivity contribution in [2.24, 2.45) is 4.99 Å². The van der Waals surface area contributed by atoms with E-state index in [1.165, 1.54) is 0 Å². The topological polar surface area (TPSA) is 82.1 Å². The number of alkyl halides is 4. The summed E-state index contributed by atoms with van der Waals surface area (Å²) >= 11 is 11.1. The zero-order valence-electron chi connectivity index (χ0n) is 13.6. The maximum Gasteiger partial charge on any atom is 0.431 e. The third kappa shape index (κ3) is 3.76. The van der Waals surface area contributed by atoms with Crippen molar-refractivity contribution < 1.29 is 30.8 Å². The minimum Gasteiger partial charge on any atom is -0.305 e. The Kier molecular flexibility index (Phi) is 5.23. The molecule has 0 aromatic heterocycles. The number of allylic oxidation sites excluding steroid dienone is 1. The van der Waals surface area contributed by atoms with Gasteiger partial charge in [-0.3, -0.25) is 14.5 Å². The lowest BCUT2D eigenvalue weighted by molar-refractivity contribution is -0.119. The van der Waals surface area contributed by atoms with Crippen LogP contribution in [0.15, 0.2) is 28.9 Å². The summed E-state index contributed by atoms with van der Waals surface area (Å²) in [5.41, 5.74) is -2.05. The maximum absolute atomic E-state index is 14.5. The van der Waals surface area contributed by atoms with Crippen molar-refractivity contribution in [3.63, 3.8) is 0 Å². The SMILES string of the molecule is O=C1C=C(C(F)(F)F)N2CCN=C2N1c1cc(NS(=O)(=O)CCl)c(Cl)cc1F. The average molecular weight is 461 g/mol. The number of guanidine groups is 1. The molecule has 2 aliphatic rings. The standard InChI is InChI=1S/C14H10Cl2F4N4O3S/c15-6-28(26,27)22-9-4-10(8(17)3-7(9)16)24-12(25)5-11(14(18,19)20)23-2-1-21-13(23)24/h3-5,22H,1-2,6H2. The van der Waals surface area contributed by atoms with Gasteiger partial charge in [0.1, 0.15) is 16.7 Å². The van der Waals surface area contributed by atoms with E-state index in [9.17, 15) is 30.8 Å². The fourth-order valence-electron chi connectivity index (χ4n) is 2.66. The highest BCUT2D eigenvalue weighted by Gasteiger charge is 2.47. The van der Waals surface area contributed by atoms with Crippen molar-refractivity contribution in [2.45, 2.75) is 6.18 Å². The molecule has 3 rings (SSSR count).